The molecule has 7 aromatic rings. The average molecular weight is 467 g/mol. The van der Waals surface area contributed by atoms with Gasteiger partial charge in [-0.2, -0.15) is 5.10 Å². The van der Waals surface area contributed by atoms with Crippen LogP contribution in [-0.2, 0) is 0 Å². The molecule has 3 heterocycles. The molecule has 4 aromatic carbocycles. The SMILES string of the molecule is Cc1ccccc1-c1cn2c3ccccc3c3ccc(Oc4cccc(-n5cccn5)c4)cc3c2n1. The van der Waals surface area contributed by atoms with Crippen LogP contribution in [0.2, 0.25) is 0 Å². The van der Waals surface area contributed by atoms with E-state index in [0.717, 1.165) is 50.4 Å². The highest BCUT2D eigenvalue weighted by Crippen LogP contribution is 2.35. The van der Waals surface area contributed by atoms with Crippen LogP contribution in [0.1, 0.15) is 5.56 Å². The molecule has 0 spiro atoms. The maximum absolute atomic E-state index is 6.32. The Kier molecular flexibility index (Phi) is 4.61. The summed E-state index contributed by atoms with van der Waals surface area (Å²) in [5, 5.41) is 7.70. The van der Waals surface area contributed by atoms with Crippen LogP contribution in [0.4, 0.5) is 0 Å². The summed E-state index contributed by atoms with van der Waals surface area (Å²) in [7, 11) is 0. The van der Waals surface area contributed by atoms with Crippen molar-refractivity contribution in [1.29, 1.82) is 0 Å². The number of ether oxygens (including phenoxy) is 1. The van der Waals surface area contributed by atoms with E-state index in [1.165, 1.54) is 10.9 Å². The number of imidazole rings is 1. The molecule has 5 nitrogen and oxygen atoms in total. The van der Waals surface area contributed by atoms with Gasteiger partial charge in [0.05, 0.1) is 16.9 Å². The standard InChI is InChI=1S/C31H22N4O/c1-21-8-2-3-11-25(21)29-20-34-30-13-5-4-12-27(30)26-15-14-24(19-28(26)31(34)33-29)36-23-10-6-9-22(18-23)35-17-7-16-32-35/h2-20H,1H3. The Balaban J connectivity index is 1.40. The Morgan fingerprint density at radius 3 is 2.47 bits per heavy atom. The summed E-state index contributed by atoms with van der Waals surface area (Å²) in [5.41, 5.74) is 6.30. The van der Waals surface area contributed by atoms with Gasteiger partial charge in [0.25, 0.3) is 0 Å². The fraction of sp³-hybridized carbons (Fsp3) is 0.0323. The third-order valence-electron chi connectivity index (χ3n) is 6.63. The quantitative estimate of drug-likeness (QED) is 0.251. The predicted molar refractivity (Wildman–Crippen MR) is 144 cm³/mol. The van der Waals surface area contributed by atoms with E-state index in [-0.39, 0.29) is 0 Å². The van der Waals surface area contributed by atoms with E-state index < -0.39 is 0 Å². The highest BCUT2D eigenvalue weighted by molar-refractivity contribution is 6.12. The van der Waals surface area contributed by atoms with Gasteiger partial charge in [0, 0.05) is 41.0 Å². The summed E-state index contributed by atoms with van der Waals surface area (Å²) in [6, 6.07) is 32.9. The second kappa shape index (κ2) is 8.10. The van der Waals surface area contributed by atoms with Crippen LogP contribution in [0.5, 0.6) is 11.5 Å². The van der Waals surface area contributed by atoms with Crippen molar-refractivity contribution in [2.24, 2.45) is 0 Å². The number of para-hydroxylation sites is 1. The van der Waals surface area contributed by atoms with Crippen LogP contribution in [0.15, 0.2) is 116 Å². The van der Waals surface area contributed by atoms with E-state index in [1.807, 2.05) is 47.3 Å². The lowest BCUT2D eigenvalue weighted by Crippen LogP contribution is -1.95. The van der Waals surface area contributed by atoms with E-state index >= 15 is 0 Å². The maximum atomic E-state index is 6.32. The van der Waals surface area contributed by atoms with Crippen molar-refractivity contribution in [2.75, 3.05) is 0 Å². The molecule has 0 saturated carbocycles. The molecule has 0 aliphatic heterocycles. The largest absolute Gasteiger partial charge is 0.457 e. The van der Waals surface area contributed by atoms with Gasteiger partial charge in [-0.25, -0.2) is 9.67 Å². The molecule has 0 atom stereocenters. The van der Waals surface area contributed by atoms with Crippen molar-refractivity contribution >= 4 is 27.3 Å². The summed E-state index contributed by atoms with van der Waals surface area (Å²) in [6.45, 7) is 2.12. The Hall–Kier alpha value is -4.90. The molecule has 0 saturated heterocycles. The van der Waals surface area contributed by atoms with Crippen LogP contribution in [0.3, 0.4) is 0 Å². The van der Waals surface area contributed by atoms with Gasteiger partial charge in [0.2, 0.25) is 0 Å². The van der Waals surface area contributed by atoms with E-state index in [4.69, 9.17) is 9.72 Å². The zero-order valence-corrected chi connectivity index (χ0v) is 19.7. The molecular formula is C31H22N4O. The number of hydrogen-bond acceptors (Lipinski definition) is 3. The third kappa shape index (κ3) is 3.33. The number of pyridine rings is 1. The normalized spacial score (nSPS) is 11.5. The summed E-state index contributed by atoms with van der Waals surface area (Å²) < 4.78 is 10.3. The Bertz CT molecular complexity index is 1880. The molecule has 7 rings (SSSR count). The van der Waals surface area contributed by atoms with E-state index in [9.17, 15) is 0 Å². The summed E-state index contributed by atoms with van der Waals surface area (Å²) in [6.07, 6.45) is 5.82. The zero-order valence-electron chi connectivity index (χ0n) is 19.7. The molecule has 5 heteroatoms. The number of rotatable bonds is 4. The zero-order chi connectivity index (χ0) is 24.1. The van der Waals surface area contributed by atoms with E-state index in [1.54, 1.807) is 6.20 Å². The number of benzene rings is 4. The van der Waals surface area contributed by atoms with Crippen molar-refractivity contribution < 1.29 is 4.74 Å². The highest BCUT2D eigenvalue weighted by Gasteiger charge is 2.14. The van der Waals surface area contributed by atoms with Gasteiger partial charge >= 0.3 is 0 Å². The summed E-state index contributed by atoms with van der Waals surface area (Å²) in [5.74, 6) is 1.51. The highest BCUT2D eigenvalue weighted by atomic mass is 16.5. The number of aryl methyl sites for hydroxylation is 1. The Morgan fingerprint density at radius 2 is 1.58 bits per heavy atom. The number of hydrogen-bond donors (Lipinski definition) is 0. The van der Waals surface area contributed by atoms with Gasteiger partial charge in [-0.3, -0.25) is 4.40 Å². The topological polar surface area (TPSA) is 44.4 Å². The van der Waals surface area contributed by atoms with Crippen LogP contribution < -0.4 is 4.74 Å². The molecular weight excluding hydrogens is 444 g/mol. The minimum Gasteiger partial charge on any atom is -0.457 e. The second-order valence-corrected chi connectivity index (χ2v) is 8.91. The Labute approximate surface area is 207 Å². The molecule has 0 amide bonds. The van der Waals surface area contributed by atoms with Crippen molar-refractivity contribution in [1.82, 2.24) is 19.2 Å². The van der Waals surface area contributed by atoms with Crippen LogP contribution in [-0.4, -0.2) is 19.2 Å². The van der Waals surface area contributed by atoms with Crippen LogP contribution in [0, 0.1) is 6.92 Å². The smallest absolute Gasteiger partial charge is 0.146 e. The molecule has 172 valence electrons. The third-order valence-corrected chi connectivity index (χ3v) is 6.63. The van der Waals surface area contributed by atoms with Gasteiger partial charge in [-0.05, 0) is 60.3 Å². The lowest BCUT2D eigenvalue weighted by Gasteiger charge is -2.11. The van der Waals surface area contributed by atoms with Crippen LogP contribution >= 0.6 is 0 Å². The van der Waals surface area contributed by atoms with Crippen molar-refractivity contribution in [2.45, 2.75) is 6.92 Å². The molecule has 0 bridgehead atoms. The first-order valence-corrected chi connectivity index (χ1v) is 11.9. The van der Waals surface area contributed by atoms with Crippen LogP contribution in [0.25, 0.3) is 44.3 Å². The molecule has 36 heavy (non-hydrogen) atoms. The van der Waals surface area contributed by atoms with Crippen molar-refractivity contribution in [3.63, 3.8) is 0 Å². The van der Waals surface area contributed by atoms with Gasteiger partial charge in [-0.15, -0.1) is 0 Å². The van der Waals surface area contributed by atoms with Gasteiger partial charge in [0.15, 0.2) is 0 Å². The number of nitrogens with zero attached hydrogens (tertiary/aromatic N) is 4. The van der Waals surface area contributed by atoms with Gasteiger partial charge in [-0.1, -0.05) is 48.5 Å². The maximum Gasteiger partial charge on any atom is 0.146 e. The van der Waals surface area contributed by atoms with Crippen molar-refractivity contribution in [3.8, 4) is 28.4 Å². The molecule has 0 N–H and O–H groups in total. The monoisotopic (exact) mass is 466 g/mol. The van der Waals surface area contributed by atoms with Gasteiger partial charge in [0.1, 0.15) is 17.1 Å². The second-order valence-electron chi connectivity index (χ2n) is 8.91. The first-order valence-electron chi connectivity index (χ1n) is 11.9. The summed E-state index contributed by atoms with van der Waals surface area (Å²) in [4.78, 5) is 5.11. The molecule has 0 aliphatic rings. The molecule has 3 aromatic heterocycles. The van der Waals surface area contributed by atoms with E-state index in [0.29, 0.717) is 0 Å². The summed E-state index contributed by atoms with van der Waals surface area (Å²) >= 11 is 0. The number of fused-ring (bicyclic) bond motifs is 6. The lowest BCUT2D eigenvalue weighted by molar-refractivity contribution is 0.483. The lowest BCUT2D eigenvalue weighted by atomic mass is 10.1. The fourth-order valence-electron chi connectivity index (χ4n) is 4.91. The minimum absolute atomic E-state index is 0.753. The minimum atomic E-state index is 0.753. The first kappa shape index (κ1) is 20.5. The molecule has 0 fully saturated rings. The first-order chi connectivity index (χ1) is 17.7. The average Bonchev–Trinajstić information content (AvgIpc) is 3.61. The molecule has 0 unspecified atom stereocenters. The van der Waals surface area contributed by atoms with Gasteiger partial charge < -0.3 is 4.74 Å². The fourth-order valence-corrected chi connectivity index (χ4v) is 4.91. The molecule has 0 radical (unpaired) electrons. The van der Waals surface area contributed by atoms with Crippen molar-refractivity contribution in [3.05, 3.63) is 121 Å². The van der Waals surface area contributed by atoms with E-state index in [2.05, 4.69) is 83.3 Å². The Morgan fingerprint density at radius 1 is 0.722 bits per heavy atom. The predicted octanol–water partition coefficient (Wildman–Crippen LogP) is 7.59. The molecule has 0 aliphatic carbocycles. The number of aromatic nitrogens is 4.